The fourth-order valence-corrected chi connectivity index (χ4v) is 6.31. The summed E-state index contributed by atoms with van der Waals surface area (Å²) in [7, 11) is 0. The van der Waals surface area contributed by atoms with E-state index >= 15 is 0 Å². The molecular weight excluding hydrogens is 877 g/mol. The highest BCUT2D eigenvalue weighted by Crippen LogP contribution is 2.10. The normalized spacial score (nSPS) is 14.0. The molecular formula is C44H64N10O13. The average Bonchev–Trinajstić information content (AvgIpc) is 3.28. The van der Waals surface area contributed by atoms with Crippen molar-refractivity contribution in [2.45, 2.75) is 108 Å². The van der Waals surface area contributed by atoms with Crippen LogP contribution in [0, 0.1) is 5.92 Å². The van der Waals surface area contributed by atoms with Crippen molar-refractivity contribution in [1.82, 2.24) is 42.5 Å². The van der Waals surface area contributed by atoms with E-state index in [1.807, 2.05) is 0 Å². The van der Waals surface area contributed by atoms with Gasteiger partial charge in [-0.2, -0.15) is 0 Å². The molecule has 368 valence electrons. The number of amides is 8. The number of hydrogen-bond acceptors (Lipinski definition) is 13. The Kier molecular flexibility index (Phi) is 24.8. The maximum atomic E-state index is 14.1. The van der Waals surface area contributed by atoms with Crippen LogP contribution in [0.15, 0.2) is 60.7 Å². The third-order valence-electron chi connectivity index (χ3n) is 9.92. The Morgan fingerprint density at radius 3 is 1.54 bits per heavy atom. The minimum absolute atomic E-state index is 0.0204. The molecule has 0 spiro atoms. The van der Waals surface area contributed by atoms with E-state index in [2.05, 4.69) is 42.5 Å². The van der Waals surface area contributed by atoms with Crippen molar-refractivity contribution in [1.29, 1.82) is 0 Å². The summed E-state index contributed by atoms with van der Waals surface area (Å²) in [5.41, 5.74) is 12.5. The van der Waals surface area contributed by atoms with Crippen LogP contribution in [-0.2, 0) is 60.8 Å². The van der Waals surface area contributed by atoms with Crippen molar-refractivity contribution >= 4 is 59.2 Å². The van der Waals surface area contributed by atoms with Crippen molar-refractivity contribution < 1.29 is 63.3 Å². The molecule has 0 radical (unpaired) electrons. The molecule has 0 fully saturated rings. The minimum atomic E-state index is -1.58. The summed E-state index contributed by atoms with van der Waals surface area (Å²) in [4.78, 5) is 128. The Labute approximate surface area is 387 Å². The number of nitrogens with two attached hydrogens (primary N) is 2. The van der Waals surface area contributed by atoms with Gasteiger partial charge >= 0.3 is 11.9 Å². The molecule has 0 saturated carbocycles. The van der Waals surface area contributed by atoms with Crippen molar-refractivity contribution in [3.05, 3.63) is 71.8 Å². The Balaban J connectivity index is 2.27. The van der Waals surface area contributed by atoms with Gasteiger partial charge in [-0.3, -0.25) is 47.9 Å². The van der Waals surface area contributed by atoms with Gasteiger partial charge in [-0.25, -0.2) is 0 Å². The van der Waals surface area contributed by atoms with Gasteiger partial charge < -0.3 is 69.3 Å². The fraction of sp³-hybridized carbons (Fsp3) is 0.500. The number of aliphatic hydroxyl groups is 1. The first-order valence-electron chi connectivity index (χ1n) is 21.7. The average molecular weight is 941 g/mol. The summed E-state index contributed by atoms with van der Waals surface area (Å²) < 4.78 is 0. The summed E-state index contributed by atoms with van der Waals surface area (Å²) in [6.07, 6.45) is 0.111. The van der Waals surface area contributed by atoms with Crippen molar-refractivity contribution in [2.24, 2.45) is 17.4 Å². The van der Waals surface area contributed by atoms with Crippen LogP contribution in [0.2, 0.25) is 0 Å². The third kappa shape index (κ3) is 21.7. The monoisotopic (exact) mass is 940 g/mol. The molecule has 0 heterocycles. The lowest BCUT2D eigenvalue weighted by Gasteiger charge is -2.27. The second-order valence-electron chi connectivity index (χ2n) is 16.1. The van der Waals surface area contributed by atoms with Gasteiger partial charge in [-0.1, -0.05) is 74.5 Å². The van der Waals surface area contributed by atoms with E-state index < -0.39 is 128 Å². The molecule has 0 aliphatic rings. The Bertz CT molecular complexity index is 1990. The van der Waals surface area contributed by atoms with E-state index in [-0.39, 0.29) is 38.1 Å². The van der Waals surface area contributed by atoms with Gasteiger partial charge in [0.15, 0.2) is 0 Å². The van der Waals surface area contributed by atoms with Gasteiger partial charge in [-0.15, -0.1) is 0 Å². The molecule has 2 aromatic rings. The molecule has 0 bridgehead atoms. The zero-order valence-corrected chi connectivity index (χ0v) is 37.7. The number of nitrogens with one attached hydrogen (secondary N) is 8. The number of aliphatic hydroxyl groups excluding tert-OH is 1. The molecule has 23 heteroatoms. The number of carbonyl (C=O) groups excluding carboxylic acids is 8. The molecule has 23 nitrogen and oxygen atoms in total. The maximum Gasteiger partial charge on any atom is 0.325 e. The number of unbranched alkanes of at least 4 members (excludes halogenated alkanes) is 1. The van der Waals surface area contributed by atoms with E-state index in [1.54, 1.807) is 74.5 Å². The minimum Gasteiger partial charge on any atom is -0.481 e. The second-order valence-corrected chi connectivity index (χ2v) is 16.1. The van der Waals surface area contributed by atoms with Gasteiger partial charge in [0.1, 0.15) is 36.3 Å². The van der Waals surface area contributed by atoms with Crippen molar-refractivity contribution in [3.63, 3.8) is 0 Å². The number of benzene rings is 2. The Morgan fingerprint density at radius 2 is 1.03 bits per heavy atom. The summed E-state index contributed by atoms with van der Waals surface area (Å²) in [5, 5.41) is 47.5. The summed E-state index contributed by atoms with van der Waals surface area (Å²) >= 11 is 0. The molecule has 8 amide bonds. The smallest absolute Gasteiger partial charge is 0.325 e. The van der Waals surface area contributed by atoms with Crippen molar-refractivity contribution in [2.75, 3.05) is 26.2 Å². The van der Waals surface area contributed by atoms with Crippen molar-refractivity contribution in [3.8, 4) is 0 Å². The topological polar surface area (TPSA) is 380 Å². The first-order valence-corrected chi connectivity index (χ1v) is 21.7. The standard InChI is InChI=1S/C44H64N10O13/c1-25(2)18-31(52-38(60)29(46)21-37(58)59)39(61)48-22-35(56)47-23-36(57)50-32(19-27-12-6-4-7-13-27)41(63)53-33(20-28-14-8-5-9-15-28)42(64)51-30(16-10-11-17-45)40(62)54-34(24-55)43(65)49-26(3)44(66)67/h4-9,12-15,25-26,29-34,55H,10-11,16-24,45-46H2,1-3H3,(H,47,56)(H,48,61)(H,49,65)(H,50,57)(H,51,64)(H,52,60)(H,53,63)(H,54,62)(H,58,59)(H,66,67)/t26-,29-,30-,31-,32-,33-,34-/m0/s1. The number of rotatable bonds is 30. The SMILES string of the molecule is CC(C)C[C@H](NC(=O)[C@@H](N)CC(=O)O)C(=O)NCC(=O)NCC(=O)N[C@@H](Cc1ccccc1)C(=O)N[C@@H](Cc1ccccc1)C(=O)N[C@@H](CCCCN)C(=O)N[C@@H](CO)C(=O)N[C@@H](C)C(=O)O. The molecule has 2 rings (SSSR count). The number of carboxylic acids is 2. The van der Waals surface area contributed by atoms with Gasteiger partial charge in [0.05, 0.1) is 32.2 Å². The van der Waals surface area contributed by atoms with E-state index in [0.717, 1.165) is 0 Å². The maximum absolute atomic E-state index is 14.1. The lowest BCUT2D eigenvalue weighted by molar-refractivity contribution is -0.142. The summed E-state index contributed by atoms with van der Waals surface area (Å²) in [6, 6.07) is 7.64. The Hall–Kier alpha value is -6.98. The molecule has 67 heavy (non-hydrogen) atoms. The quantitative estimate of drug-likeness (QED) is 0.0341. The van der Waals surface area contributed by atoms with E-state index in [9.17, 15) is 58.2 Å². The molecule has 0 saturated heterocycles. The van der Waals surface area contributed by atoms with E-state index in [4.69, 9.17) is 16.6 Å². The Morgan fingerprint density at radius 1 is 0.552 bits per heavy atom. The fourth-order valence-electron chi connectivity index (χ4n) is 6.31. The van der Waals surface area contributed by atoms with Gasteiger partial charge in [0.25, 0.3) is 0 Å². The van der Waals surface area contributed by atoms with Gasteiger partial charge in [0, 0.05) is 12.8 Å². The largest absolute Gasteiger partial charge is 0.481 e. The molecule has 7 atom stereocenters. The molecule has 2 aromatic carbocycles. The van der Waals surface area contributed by atoms with Gasteiger partial charge in [0.2, 0.25) is 47.3 Å². The molecule has 0 aromatic heterocycles. The van der Waals surface area contributed by atoms with Crippen LogP contribution in [0.4, 0.5) is 0 Å². The van der Waals surface area contributed by atoms with Crippen LogP contribution in [0.5, 0.6) is 0 Å². The second kappa shape index (κ2) is 29.5. The van der Waals surface area contributed by atoms with Crippen LogP contribution < -0.4 is 54.0 Å². The number of aliphatic carboxylic acids is 2. The van der Waals surface area contributed by atoms with E-state index in [0.29, 0.717) is 24.0 Å². The summed E-state index contributed by atoms with van der Waals surface area (Å²) in [5.74, 6) is -9.55. The lowest BCUT2D eigenvalue weighted by atomic mass is 10.0. The van der Waals surface area contributed by atoms with Crippen LogP contribution >= 0.6 is 0 Å². The summed E-state index contributed by atoms with van der Waals surface area (Å²) in [6.45, 7) is 2.82. The first kappa shape index (κ1) is 56.2. The predicted octanol–water partition coefficient (Wildman–Crippen LogP) is -3.31. The zero-order chi connectivity index (χ0) is 50.1. The number of carbonyl (C=O) groups is 10. The van der Waals surface area contributed by atoms with Gasteiger partial charge in [-0.05, 0) is 56.2 Å². The zero-order valence-electron chi connectivity index (χ0n) is 37.7. The highest BCUT2D eigenvalue weighted by atomic mass is 16.4. The number of hydrogen-bond donors (Lipinski definition) is 13. The first-order chi connectivity index (χ1) is 31.7. The van der Waals surface area contributed by atoms with Crippen LogP contribution in [0.3, 0.4) is 0 Å². The van der Waals surface area contributed by atoms with E-state index in [1.165, 1.54) is 6.92 Å². The van der Waals surface area contributed by atoms with Crippen LogP contribution in [0.25, 0.3) is 0 Å². The molecule has 0 unspecified atom stereocenters. The third-order valence-corrected chi connectivity index (χ3v) is 9.92. The highest BCUT2D eigenvalue weighted by molar-refractivity contribution is 5.97. The van der Waals surface area contributed by atoms with Crippen LogP contribution in [-0.4, -0.2) is 143 Å². The lowest BCUT2D eigenvalue weighted by Crippen LogP contribution is -2.60. The molecule has 0 aliphatic carbocycles. The molecule has 15 N–H and O–H groups in total. The van der Waals surface area contributed by atoms with Crippen LogP contribution in [0.1, 0.15) is 64.0 Å². The molecule has 0 aliphatic heterocycles. The highest BCUT2D eigenvalue weighted by Gasteiger charge is 2.33. The number of carboxylic acid groups (broad SMARTS) is 2. The predicted molar refractivity (Wildman–Crippen MR) is 241 cm³/mol.